The third-order valence-electron chi connectivity index (χ3n) is 5.28. The van der Waals surface area contributed by atoms with Crippen LogP contribution < -0.4 is 10.1 Å². The number of rotatable bonds is 6. The Hall–Kier alpha value is -2.79. The lowest BCUT2D eigenvalue weighted by Crippen LogP contribution is -2.29. The van der Waals surface area contributed by atoms with Gasteiger partial charge in [0.05, 0.1) is 19.8 Å². The van der Waals surface area contributed by atoms with Crippen LogP contribution in [-0.4, -0.2) is 31.0 Å². The number of methoxy groups -OCH3 is 1. The number of carbonyl (C=O) groups is 1. The summed E-state index contributed by atoms with van der Waals surface area (Å²) >= 11 is 0. The van der Waals surface area contributed by atoms with Crippen LogP contribution in [0.5, 0.6) is 5.75 Å². The molecule has 28 heavy (non-hydrogen) atoms. The van der Waals surface area contributed by atoms with Gasteiger partial charge >= 0.3 is 0 Å². The molecule has 1 aromatic heterocycles. The number of nitrogens with one attached hydrogen (secondary N) is 1. The molecule has 1 saturated heterocycles. The number of likely N-dealkylation sites (tertiary alicyclic amines) is 1. The van der Waals surface area contributed by atoms with Crippen molar-refractivity contribution >= 4 is 22.6 Å². The van der Waals surface area contributed by atoms with Gasteiger partial charge in [0.1, 0.15) is 11.3 Å². The second-order valence-electron chi connectivity index (χ2n) is 7.39. The number of ether oxygens (including phenoxy) is 1. The number of benzene rings is 2. The molecule has 0 atom stereocenters. The summed E-state index contributed by atoms with van der Waals surface area (Å²) in [5, 5.41) is 3.96. The largest absolute Gasteiger partial charge is 0.497 e. The molecule has 0 bridgehead atoms. The molecule has 1 aliphatic heterocycles. The third kappa shape index (κ3) is 4.37. The Kier molecular flexibility index (Phi) is 5.63. The van der Waals surface area contributed by atoms with E-state index in [1.807, 2.05) is 30.3 Å². The molecule has 0 spiro atoms. The van der Waals surface area contributed by atoms with Gasteiger partial charge in [-0.3, -0.25) is 9.69 Å². The maximum absolute atomic E-state index is 12.6. The first-order valence-electron chi connectivity index (χ1n) is 9.86. The van der Waals surface area contributed by atoms with E-state index < -0.39 is 0 Å². The summed E-state index contributed by atoms with van der Waals surface area (Å²) in [5.74, 6) is 0.692. The van der Waals surface area contributed by atoms with Gasteiger partial charge in [-0.1, -0.05) is 18.6 Å². The van der Waals surface area contributed by atoms with Gasteiger partial charge in [0, 0.05) is 29.2 Å². The molecule has 2 heterocycles. The van der Waals surface area contributed by atoms with Gasteiger partial charge in [0.2, 0.25) is 5.91 Å². The Morgan fingerprint density at radius 2 is 2.00 bits per heavy atom. The maximum Gasteiger partial charge on any atom is 0.228 e. The van der Waals surface area contributed by atoms with E-state index in [9.17, 15) is 4.79 Å². The van der Waals surface area contributed by atoms with Crippen LogP contribution in [0.25, 0.3) is 11.0 Å². The molecule has 2 aromatic carbocycles. The number of piperidine rings is 1. The van der Waals surface area contributed by atoms with Gasteiger partial charge in [0.15, 0.2) is 0 Å². The van der Waals surface area contributed by atoms with Gasteiger partial charge in [0.25, 0.3) is 0 Å². The van der Waals surface area contributed by atoms with Crippen LogP contribution in [0.3, 0.4) is 0 Å². The van der Waals surface area contributed by atoms with Crippen LogP contribution in [0.2, 0.25) is 0 Å². The normalized spacial score (nSPS) is 14.9. The first-order valence-corrected chi connectivity index (χ1v) is 9.86. The van der Waals surface area contributed by atoms with Crippen molar-refractivity contribution in [2.75, 3.05) is 25.5 Å². The molecule has 0 unspecified atom stereocenters. The fraction of sp³-hybridized carbons (Fsp3) is 0.348. The fourth-order valence-electron chi connectivity index (χ4n) is 3.83. The molecule has 1 fully saturated rings. The van der Waals surface area contributed by atoms with Crippen LogP contribution >= 0.6 is 0 Å². The van der Waals surface area contributed by atoms with Crippen LogP contribution in [0, 0.1) is 0 Å². The summed E-state index contributed by atoms with van der Waals surface area (Å²) in [6.45, 7) is 3.27. The van der Waals surface area contributed by atoms with Gasteiger partial charge in [-0.2, -0.15) is 0 Å². The minimum atomic E-state index is -0.0476. The molecule has 4 rings (SSSR count). The van der Waals surface area contributed by atoms with Crippen molar-refractivity contribution in [1.82, 2.24) is 4.90 Å². The number of nitrogens with zero attached hydrogens (tertiary/aromatic N) is 1. The van der Waals surface area contributed by atoms with Crippen molar-refractivity contribution in [3.05, 3.63) is 59.9 Å². The highest BCUT2D eigenvalue weighted by atomic mass is 16.5. The minimum Gasteiger partial charge on any atom is -0.497 e. The molecule has 1 N–H and O–H groups in total. The smallest absolute Gasteiger partial charge is 0.228 e. The van der Waals surface area contributed by atoms with Crippen LogP contribution in [0.4, 0.5) is 5.69 Å². The van der Waals surface area contributed by atoms with E-state index >= 15 is 0 Å². The average molecular weight is 378 g/mol. The molecule has 1 amide bonds. The molecule has 5 nitrogen and oxygen atoms in total. The second kappa shape index (κ2) is 8.48. The van der Waals surface area contributed by atoms with Crippen molar-refractivity contribution in [1.29, 1.82) is 0 Å². The first-order chi connectivity index (χ1) is 13.7. The molecule has 5 heteroatoms. The van der Waals surface area contributed by atoms with Crippen molar-refractivity contribution in [3.63, 3.8) is 0 Å². The summed E-state index contributed by atoms with van der Waals surface area (Å²) < 4.78 is 10.8. The molecule has 0 radical (unpaired) electrons. The molecule has 146 valence electrons. The van der Waals surface area contributed by atoms with Crippen LogP contribution in [0.1, 0.15) is 30.4 Å². The topological polar surface area (TPSA) is 54.7 Å². The monoisotopic (exact) mass is 378 g/mol. The van der Waals surface area contributed by atoms with Crippen molar-refractivity contribution < 1.29 is 13.9 Å². The van der Waals surface area contributed by atoms with E-state index in [-0.39, 0.29) is 12.3 Å². The van der Waals surface area contributed by atoms with E-state index in [4.69, 9.17) is 9.15 Å². The second-order valence-corrected chi connectivity index (χ2v) is 7.39. The van der Waals surface area contributed by atoms with Crippen molar-refractivity contribution in [2.24, 2.45) is 0 Å². The quantitative estimate of drug-likeness (QED) is 0.681. The molecule has 1 aliphatic rings. The number of carbonyl (C=O) groups excluding carboxylic acids is 1. The van der Waals surface area contributed by atoms with Crippen LogP contribution in [-0.2, 0) is 17.8 Å². The van der Waals surface area contributed by atoms with Gasteiger partial charge in [-0.15, -0.1) is 0 Å². The zero-order valence-corrected chi connectivity index (χ0v) is 16.2. The van der Waals surface area contributed by atoms with E-state index in [1.54, 1.807) is 13.4 Å². The van der Waals surface area contributed by atoms with Crippen molar-refractivity contribution in [2.45, 2.75) is 32.2 Å². The predicted octanol–water partition coefficient (Wildman–Crippen LogP) is 4.61. The number of amides is 1. The van der Waals surface area contributed by atoms with Crippen LogP contribution in [0.15, 0.2) is 53.1 Å². The number of furan rings is 1. The fourth-order valence-corrected chi connectivity index (χ4v) is 3.83. The zero-order valence-electron chi connectivity index (χ0n) is 16.2. The summed E-state index contributed by atoms with van der Waals surface area (Å²) in [4.78, 5) is 15.0. The Balaban J connectivity index is 1.40. The summed E-state index contributed by atoms with van der Waals surface area (Å²) in [6.07, 6.45) is 5.82. The van der Waals surface area contributed by atoms with E-state index in [2.05, 4.69) is 22.3 Å². The zero-order chi connectivity index (χ0) is 19.3. The molecular weight excluding hydrogens is 352 g/mol. The Morgan fingerprint density at radius 3 is 2.82 bits per heavy atom. The Morgan fingerprint density at radius 1 is 1.14 bits per heavy atom. The highest BCUT2D eigenvalue weighted by molar-refractivity contribution is 5.95. The van der Waals surface area contributed by atoms with Crippen molar-refractivity contribution in [3.8, 4) is 5.75 Å². The van der Waals surface area contributed by atoms with Gasteiger partial charge < -0.3 is 14.5 Å². The molecular formula is C23H26N2O3. The maximum atomic E-state index is 12.6. The molecule has 3 aromatic rings. The predicted molar refractivity (Wildman–Crippen MR) is 111 cm³/mol. The van der Waals surface area contributed by atoms with E-state index in [1.165, 1.54) is 24.8 Å². The lowest BCUT2D eigenvalue weighted by atomic mass is 10.1. The lowest BCUT2D eigenvalue weighted by molar-refractivity contribution is -0.115. The average Bonchev–Trinajstić information content (AvgIpc) is 3.10. The van der Waals surface area contributed by atoms with E-state index in [0.717, 1.165) is 47.6 Å². The van der Waals surface area contributed by atoms with Gasteiger partial charge in [-0.25, -0.2) is 0 Å². The minimum absolute atomic E-state index is 0.0476. The molecule has 0 aliphatic carbocycles. The first kappa shape index (κ1) is 18.6. The SMILES string of the molecule is COc1ccc2c(CC(=O)Nc3cccc(CN4CCCCC4)c3)coc2c1. The number of hydrogen-bond acceptors (Lipinski definition) is 4. The Labute approximate surface area is 165 Å². The summed E-state index contributed by atoms with van der Waals surface area (Å²) in [6, 6.07) is 13.8. The third-order valence-corrected chi connectivity index (χ3v) is 5.28. The standard InChI is InChI=1S/C23H26N2O3/c1-27-20-8-9-21-18(16-28-22(21)14-20)13-23(26)24-19-7-5-6-17(12-19)15-25-10-3-2-4-11-25/h5-9,12,14,16H,2-4,10-11,13,15H2,1H3,(H,24,26). The Bertz CT molecular complexity index is 957. The number of hydrogen-bond donors (Lipinski definition) is 1. The highest BCUT2D eigenvalue weighted by Crippen LogP contribution is 2.26. The lowest BCUT2D eigenvalue weighted by Gasteiger charge is -2.26. The number of fused-ring (bicyclic) bond motifs is 1. The summed E-state index contributed by atoms with van der Waals surface area (Å²) in [7, 11) is 1.62. The number of anilines is 1. The highest BCUT2D eigenvalue weighted by Gasteiger charge is 2.13. The summed E-state index contributed by atoms with van der Waals surface area (Å²) in [5.41, 5.74) is 3.68. The molecule has 0 saturated carbocycles. The van der Waals surface area contributed by atoms with E-state index in [0.29, 0.717) is 0 Å². The van der Waals surface area contributed by atoms with Gasteiger partial charge in [-0.05, 0) is 55.8 Å².